The van der Waals surface area contributed by atoms with Crippen LogP contribution in [0.5, 0.6) is 0 Å². The molecule has 198 valence electrons. The number of aromatic amines is 1. The van der Waals surface area contributed by atoms with Gasteiger partial charge < -0.3 is 36.5 Å². The summed E-state index contributed by atoms with van der Waals surface area (Å²) in [5.41, 5.74) is 6.96. The van der Waals surface area contributed by atoms with Gasteiger partial charge in [0.1, 0.15) is 18.1 Å². The Morgan fingerprint density at radius 1 is 1.08 bits per heavy atom. The summed E-state index contributed by atoms with van der Waals surface area (Å²) >= 11 is 0. The molecule has 3 rings (SSSR count). The first-order valence-electron chi connectivity index (χ1n) is 11.8. The first-order valence-corrected chi connectivity index (χ1v) is 11.8. The molecular formula is C24H30N6O7. The van der Waals surface area contributed by atoms with E-state index in [2.05, 4.69) is 20.6 Å². The third-order valence-corrected chi connectivity index (χ3v) is 6.06. The summed E-state index contributed by atoms with van der Waals surface area (Å²) in [6, 6.07) is 4.23. The van der Waals surface area contributed by atoms with E-state index in [9.17, 15) is 29.1 Å². The number of H-pyrrole nitrogens is 1. The summed E-state index contributed by atoms with van der Waals surface area (Å²) in [7, 11) is 0. The number of carboxylic acid groups (broad SMARTS) is 2. The predicted octanol–water partition coefficient (Wildman–Crippen LogP) is -0.958. The Morgan fingerprint density at radius 3 is 2.43 bits per heavy atom. The van der Waals surface area contributed by atoms with E-state index in [-0.39, 0.29) is 19.4 Å². The Morgan fingerprint density at radius 2 is 1.81 bits per heavy atom. The number of rotatable bonds is 12. The number of nitrogens with zero attached hydrogens (tertiary/aromatic N) is 2. The number of aliphatic carboxylic acids is 2. The molecule has 4 atom stereocenters. The van der Waals surface area contributed by atoms with Crippen LogP contribution in [0.3, 0.4) is 0 Å². The molecule has 0 spiro atoms. The molecule has 7 N–H and O–H groups in total. The highest BCUT2D eigenvalue weighted by atomic mass is 16.4. The molecule has 0 radical (unpaired) electrons. The molecule has 37 heavy (non-hydrogen) atoms. The Balaban J connectivity index is 1.75. The average Bonchev–Trinajstić information content (AvgIpc) is 3.55. The monoisotopic (exact) mass is 514 g/mol. The minimum atomic E-state index is -1.30. The molecular weight excluding hydrogens is 484 g/mol. The van der Waals surface area contributed by atoms with Crippen LogP contribution < -0.4 is 16.4 Å². The molecule has 4 unspecified atom stereocenters. The van der Waals surface area contributed by atoms with Gasteiger partial charge in [0, 0.05) is 31.3 Å². The lowest BCUT2D eigenvalue weighted by Crippen LogP contribution is -2.57. The molecule has 1 saturated heterocycles. The fourth-order valence-electron chi connectivity index (χ4n) is 4.21. The molecule has 1 aromatic heterocycles. The van der Waals surface area contributed by atoms with Crippen LogP contribution >= 0.6 is 0 Å². The number of carboxylic acids is 2. The summed E-state index contributed by atoms with van der Waals surface area (Å²) in [5, 5.41) is 23.7. The van der Waals surface area contributed by atoms with Crippen molar-refractivity contribution in [2.24, 2.45) is 5.73 Å². The smallest absolute Gasteiger partial charge is 0.326 e. The van der Waals surface area contributed by atoms with E-state index in [1.807, 2.05) is 0 Å². The van der Waals surface area contributed by atoms with Gasteiger partial charge in [-0.3, -0.25) is 19.2 Å². The van der Waals surface area contributed by atoms with Gasteiger partial charge in [-0.2, -0.15) is 0 Å². The van der Waals surface area contributed by atoms with E-state index < -0.39 is 60.2 Å². The second-order valence-corrected chi connectivity index (χ2v) is 8.83. The highest BCUT2D eigenvalue weighted by molar-refractivity contribution is 5.95. The number of hydrogen-bond acceptors (Lipinski definition) is 7. The first kappa shape index (κ1) is 27.3. The van der Waals surface area contributed by atoms with Crippen LogP contribution in [0.25, 0.3) is 0 Å². The normalized spacial score (nSPS) is 17.4. The zero-order valence-electron chi connectivity index (χ0n) is 20.0. The van der Waals surface area contributed by atoms with Crippen LogP contribution in [-0.2, 0) is 36.8 Å². The van der Waals surface area contributed by atoms with Crippen LogP contribution in [0.15, 0.2) is 42.9 Å². The molecule has 3 amide bonds. The number of imidazole rings is 1. The highest BCUT2D eigenvalue weighted by Gasteiger charge is 2.38. The summed E-state index contributed by atoms with van der Waals surface area (Å²) < 4.78 is 0. The van der Waals surface area contributed by atoms with Crippen molar-refractivity contribution in [2.75, 3.05) is 6.54 Å². The lowest BCUT2D eigenvalue weighted by Gasteiger charge is -2.28. The summed E-state index contributed by atoms with van der Waals surface area (Å²) in [6.07, 6.45) is 3.12. The van der Waals surface area contributed by atoms with Crippen molar-refractivity contribution in [1.29, 1.82) is 0 Å². The predicted molar refractivity (Wildman–Crippen MR) is 129 cm³/mol. The summed E-state index contributed by atoms with van der Waals surface area (Å²) in [6.45, 7) is 0.227. The number of carbonyl (C=O) groups excluding carboxylic acids is 3. The van der Waals surface area contributed by atoms with Gasteiger partial charge in [0.05, 0.1) is 18.8 Å². The van der Waals surface area contributed by atoms with Crippen molar-refractivity contribution in [3.8, 4) is 0 Å². The molecule has 1 aliphatic rings. The second-order valence-electron chi connectivity index (χ2n) is 8.83. The standard InChI is InChI=1S/C24H30N6O7/c25-16(11-20(31)32)23(35)30-8-4-7-19(30)22(34)28-17(9-14-5-2-1-3-6-14)21(33)29-18(24(36)37)10-15-12-26-13-27-15/h1-3,5-6,12-13,16-19H,4,7-11,25H2,(H,26,27)(H,28,34)(H,29,33)(H,31,32)(H,36,37). The van der Waals surface area contributed by atoms with Gasteiger partial charge >= 0.3 is 11.9 Å². The molecule has 0 aliphatic carbocycles. The minimum Gasteiger partial charge on any atom is -0.481 e. The van der Waals surface area contributed by atoms with Crippen LogP contribution in [0.2, 0.25) is 0 Å². The van der Waals surface area contributed by atoms with Gasteiger partial charge in [-0.15, -0.1) is 0 Å². The molecule has 0 saturated carbocycles. The largest absolute Gasteiger partial charge is 0.481 e. The summed E-state index contributed by atoms with van der Waals surface area (Å²) in [5.74, 6) is -4.46. The highest BCUT2D eigenvalue weighted by Crippen LogP contribution is 2.19. The van der Waals surface area contributed by atoms with Crippen molar-refractivity contribution in [3.63, 3.8) is 0 Å². The van der Waals surface area contributed by atoms with Crippen LogP contribution in [-0.4, -0.2) is 85.5 Å². The van der Waals surface area contributed by atoms with E-state index in [4.69, 9.17) is 10.8 Å². The Bertz CT molecular complexity index is 1110. The SMILES string of the molecule is NC(CC(=O)O)C(=O)N1CCCC1C(=O)NC(Cc1ccccc1)C(=O)NC(Cc1cnc[nH]1)C(=O)O. The molecule has 1 aromatic carbocycles. The number of benzene rings is 1. The van der Waals surface area contributed by atoms with E-state index >= 15 is 0 Å². The maximum absolute atomic E-state index is 13.2. The van der Waals surface area contributed by atoms with Crippen molar-refractivity contribution >= 4 is 29.7 Å². The molecule has 1 fully saturated rings. The van der Waals surface area contributed by atoms with Crippen LogP contribution in [0, 0.1) is 0 Å². The first-order chi connectivity index (χ1) is 17.7. The lowest BCUT2D eigenvalue weighted by atomic mass is 10.0. The fourth-order valence-corrected chi connectivity index (χ4v) is 4.21. The van der Waals surface area contributed by atoms with Gasteiger partial charge in [-0.25, -0.2) is 9.78 Å². The Hall–Kier alpha value is -4.26. The third-order valence-electron chi connectivity index (χ3n) is 6.06. The minimum absolute atomic E-state index is 0.0422. The van der Waals surface area contributed by atoms with Gasteiger partial charge in [0.25, 0.3) is 0 Å². The topological polar surface area (TPSA) is 208 Å². The number of nitrogens with two attached hydrogens (primary N) is 1. The summed E-state index contributed by atoms with van der Waals surface area (Å²) in [4.78, 5) is 69.7. The molecule has 13 heteroatoms. The average molecular weight is 515 g/mol. The van der Waals surface area contributed by atoms with Gasteiger partial charge in [-0.1, -0.05) is 30.3 Å². The second kappa shape index (κ2) is 12.6. The van der Waals surface area contributed by atoms with Crippen molar-refractivity contribution in [1.82, 2.24) is 25.5 Å². The van der Waals surface area contributed by atoms with Crippen molar-refractivity contribution in [3.05, 3.63) is 54.1 Å². The fraction of sp³-hybridized carbons (Fsp3) is 0.417. The quantitative estimate of drug-likeness (QED) is 0.206. The van der Waals surface area contributed by atoms with E-state index in [0.717, 1.165) is 5.56 Å². The third kappa shape index (κ3) is 7.61. The van der Waals surface area contributed by atoms with Gasteiger partial charge in [0.15, 0.2) is 0 Å². The van der Waals surface area contributed by atoms with E-state index in [1.54, 1.807) is 30.3 Å². The number of nitrogens with one attached hydrogen (secondary N) is 3. The molecule has 0 bridgehead atoms. The zero-order chi connectivity index (χ0) is 26.9. The van der Waals surface area contributed by atoms with E-state index in [0.29, 0.717) is 18.5 Å². The Kier molecular flexibility index (Phi) is 9.33. The zero-order valence-corrected chi connectivity index (χ0v) is 20.0. The number of aromatic nitrogens is 2. The maximum atomic E-state index is 13.2. The number of hydrogen-bond donors (Lipinski definition) is 6. The van der Waals surface area contributed by atoms with Crippen molar-refractivity contribution in [2.45, 2.75) is 56.3 Å². The van der Waals surface area contributed by atoms with Crippen molar-refractivity contribution < 1.29 is 34.2 Å². The Labute approximate surface area is 212 Å². The lowest BCUT2D eigenvalue weighted by molar-refractivity contribution is -0.144. The van der Waals surface area contributed by atoms with Gasteiger partial charge in [0.2, 0.25) is 17.7 Å². The number of likely N-dealkylation sites (tertiary alicyclic amines) is 1. The molecule has 13 nitrogen and oxygen atoms in total. The molecule has 2 heterocycles. The van der Waals surface area contributed by atoms with E-state index in [1.165, 1.54) is 17.4 Å². The van der Waals surface area contributed by atoms with Gasteiger partial charge in [-0.05, 0) is 18.4 Å². The van der Waals surface area contributed by atoms with Crippen LogP contribution in [0.1, 0.15) is 30.5 Å². The maximum Gasteiger partial charge on any atom is 0.326 e. The number of carbonyl (C=O) groups is 5. The number of amides is 3. The van der Waals surface area contributed by atoms with Crippen LogP contribution in [0.4, 0.5) is 0 Å². The molecule has 2 aromatic rings. The molecule has 1 aliphatic heterocycles.